The highest BCUT2D eigenvalue weighted by Crippen LogP contribution is 2.18. The summed E-state index contributed by atoms with van der Waals surface area (Å²) in [5.74, 6) is -0.395. The fourth-order valence-electron chi connectivity index (χ4n) is 2.75. The Bertz CT molecular complexity index is 1000. The van der Waals surface area contributed by atoms with Gasteiger partial charge in [0.25, 0.3) is 10.0 Å². The van der Waals surface area contributed by atoms with Gasteiger partial charge in [0.2, 0.25) is 5.91 Å². The van der Waals surface area contributed by atoms with Gasteiger partial charge in [0.15, 0.2) is 0 Å². The Balaban J connectivity index is 1.81. The largest absolute Gasteiger partial charge is 0.325 e. The SMILES string of the molecule is CCc1ccc(NC(=O)[C@H](Cc2ccccc2)NS(=O)(=O)c2cccs2)cc1. The number of hydrogen-bond acceptors (Lipinski definition) is 4. The fraction of sp³-hybridized carbons (Fsp3) is 0.190. The van der Waals surface area contributed by atoms with Crippen LogP contribution in [0.1, 0.15) is 18.1 Å². The van der Waals surface area contributed by atoms with Gasteiger partial charge in [-0.2, -0.15) is 4.72 Å². The summed E-state index contributed by atoms with van der Waals surface area (Å²) in [5, 5.41) is 4.51. The lowest BCUT2D eigenvalue weighted by atomic mass is 10.1. The fourth-order valence-corrected chi connectivity index (χ4v) is 4.96. The molecule has 0 radical (unpaired) electrons. The predicted octanol–water partition coefficient (Wildman–Crippen LogP) is 3.84. The molecule has 0 aliphatic heterocycles. The number of carbonyl (C=O) groups excluding carboxylic acids is 1. The summed E-state index contributed by atoms with van der Waals surface area (Å²) in [6.45, 7) is 2.06. The van der Waals surface area contributed by atoms with Crippen molar-refractivity contribution >= 4 is 33.0 Å². The van der Waals surface area contributed by atoms with Crippen molar-refractivity contribution in [3.8, 4) is 0 Å². The molecule has 0 unspecified atom stereocenters. The van der Waals surface area contributed by atoms with Crippen LogP contribution in [0.2, 0.25) is 0 Å². The molecule has 3 rings (SSSR count). The maximum Gasteiger partial charge on any atom is 0.250 e. The van der Waals surface area contributed by atoms with Gasteiger partial charge in [-0.1, -0.05) is 55.5 Å². The molecule has 0 bridgehead atoms. The molecule has 3 aromatic rings. The van der Waals surface area contributed by atoms with E-state index in [9.17, 15) is 13.2 Å². The van der Waals surface area contributed by atoms with Gasteiger partial charge in [-0.15, -0.1) is 11.3 Å². The minimum atomic E-state index is -3.78. The first kappa shape index (κ1) is 20.3. The number of nitrogens with one attached hydrogen (secondary N) is 2. The number of rotatable bonds is 8. The Hall–Kier alpha value is -2.48. The highest BCUT2D eigenvalue weighted by molar-refractivity contribution is 7.91. The van der Waals surface area contributed by atoms with Gasteiger partial charge in [-0.05, 0) is 47.5 Å². The van der Waals surface area contributed by atoms with Crippen molar-refractivity contribution in [1.29, 1.82) is 0 Å². The second kappa shape index (κ2) is 9.14. The van der Waals surface area contributed by atoms with Crippen molar-refractivity contribution in [2.24, 2.45) is 0 Å². The van der Waals surface area contributed by atoms with E-state index in [0.717, 1.165) is 28.9 Å². The molecule has 0 saturated heterocycles. The van der Waals surface area contributed by atoms with Crippen molar-refractivity contribution in [3.05, 3.63) is 83.2 Å². The predicted molar refractivity (Wildman–Crippen MR) is 113 cm³/mol. The van der Waals surface area contributed by atoms with Gasteiger partial charge in [0.05, 0.1) is 0 Å². The molecule has 28 heavy (non-hydrogen) atoms. The molecule has 1 atom stereocenters. The minimum Gasteiger partial charge on any atom is -0.325 e. The van der Waals surface area contributed by atoms with E-state index in [4.69, 9.17) is 0 Å². The third-order valence-corrected chi connectivity index (χ3v) is 7.16. The monoisotopic (exact) mass is 414 g/mol. The van der Waals surface area contributed by atoms with E-state index in [1.165, 1.54) is 6.07 Å². The van der Waals surface area contributed by atoms with E-state index in [0.29, 0.717) is 5.69 Å². The summed E-state index contributed by atoms with van der Waals surface area (Å²) in [6.07, 6.45) is 1.16. The number of amides is 1. The zero-order chi connectivity index (χ0) is 20.0. The third kappa shape index (κ3) is 5.28. The summed E-state index contributed by atoms with van der Waals surface area (Å²) >= 11 is 1.12. The standard InChI is InChI=1S/C21H22N2O3S2/c1-2-16-10-12-18(13-11-16)22-21(24)19(15-17-7-4-3-5-8-17)23-28(25,26)20-9-6-14-27-20/h3-14,19,23H,2,15H2,1H3,(H,22,24)/t19-/m0/s1. The van der Waals surface area contributed by atoms with Crippen LogP contribution < -0.4 is 10.0 Å². The molecule has 1 amide bonds. The molecule has 146 valence electrons. The van der Waals surface area contributed by atoms with Crippen LogP contribution in [-0.4, -0.2) is 20.4 Å². The van der Waals surface area contributed by atoms with Crippen molar-refractivity contribution in [1.82, 2.24) is 4.72 Å². The third-order valence-electron chi connectivity index (χ3n) is 4.29. The van der Waals surface area contributed by atoms with Crippen LogP contribution in [0, 0.1) is 0 Å². The van der Waals surface area contributed by atoms with Crippen LogP contribution in [0.25, 0.3) is 0 Å². The van der Waals surface area contributed by atoms with Crippen LogP contribution >= 0.6 is 11.3 Å². The number of carbonyl (C=O) groups is 1. The number of aryl methyl sites for hydroxylation is 1. The maximum absolute atomic E-state index is 12.9. The summed E-state index contributed by atoms with van der Waals surface area (Å²) < 4.78 is 28.1. The molecule has 0 fully saturated rings. The summed E-state index contributed by atoms with van der Waals surface area (Å²) in [6, 6.07) is 19.1. The van der Waals surface area contributed by atoms with Gasteiger partial charge in [-0.25, -0.2) is 8.42 Å². The van der Waals surface area contributed by atoms with Gasteiger partial charge in [-0.3, -0.25) is 4.79 Å². The van der Waals surface area contributed by atoms with Crippen LogP contribution in [0.5, 0.6) is 0 Å². The zero-order valence-electron chi connectivity index (χ0n) is 15.5. The highest BCUT2D eigenvalue weighted by Gasteiger charge is 2.26. The Kier molecular flexibility index (Phi) is 6.61. The second-order valence-corrected chi connectivity index (χ2v) is 9.22. The Morgan fingerprint density at radius 1 is 0.964 bits per heavy atom. The number of benzene rings is 2. The van der Waals surface area contributed by atoms with Crippen molar-refractivity contribution < 1.29 is 13.2 Å². The molecule has 0 saturated carbocycles. The zero-order valence-corrected chi connectivity index (χ0v) is 17.1. The lowest BCUT2D eigenvalue weighted by Crippen LogP contribution is -2.45. The quantitative estimate of drug-likeness (QED) is 0.588. The molecule has 0 aliphatic rings. The van der Waals surface area contributed by atoms with Crippen molar-refractivity contribution in [2.45, 2.75) is 30.0 Å². The second-order valence-electron chi connectivity index (χ2n) is 6.34. The Morgan fingerprint density at radius 2 is 1.68 bits per heavy atom. The topological polar surface area (TPSA) is 75.3 Å². The molecule has 5 nitrogen and oxygen atoms in total. The molecule has 1 aromatic heterocycles. The van der Waals surface area contributed by atoms with Gasteiger partial charge >= 0.3 is 0 Å². The molecule has 1 heterocycles. The lowest BCUT2D eigenvalue weighted by molar-refractivity contribution is -0.117. The first-order valence-electron chi connectivity index (χ1n) is 8.97. The molecule has 7 heteroatoms. The number of thiophene rings is 1. The molecular formula is C21H22N2O3S2. The molecule has 2 N–H and O–H groups in total. The summed E-state index contributed by atoms with van der Waals surface area (Å²) in [7, 11) is -3.78. The Labute approximate surface area is 169 Å². The lowest BCUT2D eigenvalue weighted by Gasteiger charge is -2.18. The van der Waals surface area contributed by atoms with Gasteiger partial charge < -0.3 is 5.32 Å². The van der Waals surface area contributed by atoms with Crippen LogP contribution in [0.4, 0.5) is 5.69 Å². The maximum atomic E-state index is 12.9. The number of sulfonamides is 1. The van der Waals surface area contributed by atoms with Gasteiger partial charge in [0, 0.05) is 5.69 Å². The Morgan fingerprint density at radius 3 is 2.29 bits per heavy atom. The molecule has 2 aromatic carbocycles. The van der Waals surface area contributed by atoms with E-state index < -0.39 is 22.0 Å². The average molecular weight is 415 g/mol. The number of hydrogen-bond donors (Lipinski definition) is 2. The molecular weight excluding hydrogens is 392 g/mol. The van der Waals surface area contributed by atoms with Gasteiger partial charge in [0.1, 0.15) is 10.3 Å². The first-order valence-corrected chi connectivity index (χ1v) is 11.3. The molecule has 0 aliphatic carbocycles. The number of anilines is 1. The van der Waals surface area contributed by atoms with E-state index in [1.54, 1.807) is 11.4 Å². The summed E-state index contributed by atoms with van der Waals surface area (Å²) in [5.41, 5.74) is 2.67. The minimum absolute atomic E-state index is 0.186. The molecule has 0 spiro atoms. The smallest absolute Gasteiger partial charge is 0.250 e. The normalized spacial score (nSPS) is 12.5. The van der Waals surface area contributed by atoms with E-state index in [-0.39, 0.29) is 10.6 Å². The average Bonchev–Trinajstić information content (AvgIpc) is 3.25. The summed E-state index contributed by atoms with van der Waals surface area (Å²) in [4.78, 5) is 12.9. The van der Waals surface area contributed by atoms with Crippen LogP contribution in [0.3, 0.4) is 0 Å². The van der Waals surface area contributed by atoms with E-state index in [1.807, 2.05) is 54.6 Å². The van der Waals surface area contributed by atoms with E-state index in [2.05, 4.69) is 17.0 Å². The van der Waals surface area contributed by atoms with Crippen molar-refractivity contribution in [3.63, 3.8) is 0 Å². The first-order chi connectivity index (χ1) is 13.5. The van der Waals surface area contributed by atoms with Crippen molar-refractivity contribution in [2.75, 3.05) is 5.32 Å². The highest BCUT2D eigenvalue weighted by atomic mass is 32.2. The van der Waals surface area contributed by atoms with Crippen LogP contribution in [-0.2, 0) is 27.7 Å². The van der Waals surface area contributed by atoms with E-state index >= 15 is 0 Å². The van der Waals surface area contributed by atoms with Crippen LogP contribution in [0.15, 0.2) is 76.3 Å².